The zero-order valence-electron chi connectivity index (χ0n) is 19.7. The standard InChI is InChI=1S/2C14H17.2ClH.Zr/c2*1-4-5-12-7-6-11(3)13-8-10(2)9-14(12)13;;;/h2*6-9H,4-5H2,1-3H3;2*1H;/q;;;;+2/p-2. The van der Waals surface area contributed by atoms with Crippen LogP contribution in [0.15, 0.2) is 35.4 Å². The predicted octanol–water partition coefficient (Wildman–Crippen LogP) is 9.29. The molecule has 0 fully saturated rings. The van der Waals surface area contributed by atoms with Gasteiger partial charge in [0, 0.05) is 0 Å². The first-order valence-corrected chi connectivity index (χ1v) is 20.9. The summed E-state index contributed by atoms with van der Waals surface area (Å²) in [5, 5.41) is 0. The van der Waals surface area contributed by atoms with E-state index in [-0.39, 0.29) is 7.25 Å². The molecule has 0 radical (unpaired) electrons. The molecule has 0 aliphatic heterocycles. The molecular weight excluding hydrogens is 498 g/mol. The van der Waals surface area contributed by atoms with Crippen LogP contribution in [0.2, 0.25) is 0 Å². The van der Waals surface area contributed by atoms with Crippen LogP contribution in [-0.2, 0) is 30.7 Å². The van der Waals surface area contributed by atoms with E-state index >= 15 is 0 Å². The van der Waals surface area contributed by atoms with Crippen molar-refractivity contribution >= 4 is 29.2 Å². The van der Waals surface area contributed by atoms with Gasteiger partial charge < -0.3 is 0 Å². The van der Waals surface area contributed by atoms with Gasteiger partial charge in [-0.2, -0.15) is 0 Å². The molecule has 0 aromatic heterocycles. The molecule has 164 valence electrons. The van der Waals surface area contributed by atoms with Crippen molar-refractivity contribution in [2.75, 3.05) is 0 Å². The van der Waals surface area contributed by atoms with Gasteiger partial charge >= 0.3 is 201 Å². The number of allylic oxidation sites excluding steroid dienone is 2. The molecule has 31 heavy (non-hydrogen) atoms. The predicted molar refractivity (Wildman–Crippen MR) is 135 cm³/mol. The molecule has 0 nitrogen and oxygen atoms in total. The molecule has 0 amide bonds. The summed E-state index contributed by atoms with van der Waals surface area (Å²) < 4.78 is 0.413. The molecule has 0 heterocycles. The molecule has 4 rings (SSSR count). The zero-order chi connectivity index (χ0) is 22.5. The van der Waals surface area contributed by atoms with Gasteiger partial charge in [0.2, 0.25) is 0 Å². The Hall–Kier alpha value is -0.617. The third-order valence-electron chi connectivity index (χ3n) is 7.23. The van der Waals surface area contributed by atoms with E-state index in [1.165, 1.54) is 55.7 Å². The average Bonchev–Trinajstić information content (AvgIpc) is 3.25. The monoisotopic (exact) mass is 530 g/mol. The van der Waals surface area contributed by atoms with Gasteiger partial charge in [0.05, 0.1) is 0 Å². The second kappa shape index (κ2) is 8.97. The Labute approximate surface area is 200 Å². The summed E-state index contributed by atoms with van der Waals surface area (Å²) in [5.41, 5.74) is 14.0. The number of benzene rings is 2. The van der Waals surface area contributed by atoms with Crippen LogP contribution >= 0.6 is 17.0 Å². The number of aryl methyl sites for hydroxylation is 4. The molecule has 2 unspecified atom stereocenters. The molecule has 2 aromatic carbocycles. The van der Waals surface area contributed by atoms with Gasteiger partial charge in [-0.25, -0.2) is 0 Å². The van der Waals surface area contributed by atoms with Crippen LogP contribution in [0.5, 0.6) is 0 Å². The maximum atomic E-state index is 7.69. The second-order valence-electron chi connectivity index (χ2n) is 9.56. The van der Waals surface area contributed by atoms with E-state index in [9.17, 15) is 0 Å². The summed E-state index contributed by atoms with van der Waals surface area (Å²) in [6.45, 7) is 13.5. The fourth-order valence-electron chi connectivity index (χ4n) is 5.90. The SMILES string of the molecule is CCCc1ccc(C)c2c1C=C(C)[CH]2[Zr]([Cl])([Cl])[CH]1C(C)=Cc2c(CCC)ccc(C)c21. The molecule has 0 saturated heterocycles. The van der Waals surface area contributed by atoms with Crippen molar-refractivity contribution in [3.8, 4) is 0 Å². The Morgan fingerprint density at radius 3 is 1.42 bits per heavy atom. The van der Waals surface area contributed by atoms with Crippen molar-refractivity contribution in [3.05, 3.63) is 79.9 Å². The maximum absolute atomic E-state index is 7.69. The molecule has 2 aliphatic carbocycles. The molecule has 0 bridgehead atoms. The van der Waals surface area contributed by atoms with Crippen molar-refractivity contribution in [3.63, 3.8) is 0 Å². The molecule has 0 spiro atoms. The summed E-state index contributed by atoms with van der Waals surface area (Å²) in [7, 11) is 15.4. The number of rotatable bonds is 6. The van der Waals surface area contributed by atoms with Crippen LogP contribution < -0.4 is 0 Å². The summed E-state index contributed by atoms with van der Waals surface area (Å²) in [5.74, 6) is 0. The summed E-state index contributed by atoms with van der Waals surface area (Å²) >= 11 is -3.77. The fourth-order valence-corrected chi connectivity index (χ4v) is 20.5. The first kappa shape index (κ1) is 23.5. The number of halogens is 2. The molecule has 0 N–H and O–H groups in total. The van der Waals surface area contributed by atoms with Gasteiger partial charge in [-0.3, -0.25) is 0 Å². The molecule has 3 heteroatoms. The number of fused-ring (bicyclic) bond motifs is 2. The molecular formula is C28H34Cl2Zr. The van der Waals surface area contributed by atoms with Crippen LogP contribution in [0.3, 0.4) is 0 Å². The van der Waals surface area contributed by atoms with Crippen molar-refractivity contribution in [1.82, 2.24) is 0 Å². The van der Waals surface area contributed by atoms with E-state index in [0.717, 1.165) is 25.7 Å². The van der Waals surface area contributed by atoms with Crippen LogP contribution in [-0.4, -0.2) is 0 Å². The van der Waals surface area contributed by atoms with Crippen molar-refractivity contribution in [2.45, 2.75) is 74.5 Å². The van der Waals surface area contributed by atoms with Crippen LogP contribution in [0, 0.1) is 13.8 Å². The van der Waals surface area contributed by atoms with Gasteiger partial charge in [-0.15, -0.1) is 0 Å². The van der Waals surface area contributed by atoms with E-state index in [0.29, 0.717) is 0 Å². The Kier molecular flexibility index (Phi) is 6.81. The van der Waals surface area contributed by atoms with Crippen LogP contribution in [0.4, 0.5) is 0 Å². The fraction of sp³-hybridized carbons (Fsp3) is 0.429. The van der Waals surface area contributed by atoms with Gasteiger partial charge in [0.1, 0.15) is 0 Å². The van der Waals surface area contributed by atoms with Crippen molar-refractivity contribution in [1.29, 1.82) is 0 Å². The summed E-state index contributed by atoms with van der Waals surface area (Å²) in [6.07, 6.45) is 9.31. The van der Waals surface area contributed by atoms with E-state index < -0.39 is 17.9 Å². The van der Waals surface area contributed by atoms with Crippen molar-refractivity contribution in [2.24, 2.45) is 0 Å². The second-order valence-corrected chi connectivity index (χ2v) is 24.3. The van der Waals surface area contributed by atoms with E-state index in [4.69, 9.17) is 17.0 Å². The van der Waals surface area contributed by atoms with Gasteiger partial charge in [0.15, 0.2) is 0 Å². The minimum absolute atomic E-state index is 0.206. The van der Waals surface area contributed by atoms with Gasteiger partial charge in [0.25, 0.3) is 0 Å². The minimum atomic E-state index is -3.77. The third-order valence-corrected chi connectivity index (χ3v) is 19.8. The topological polar surface area (TPSA) is 0 Å². The third kappa shape index (κ3) is 3.88. The quantitative estimate of drug-likeness (QED) is 0.348. The molecule has 2 atom stereocenters. The van der Waals surface area contributed by atoms with Crippen LogP contribution in [0.1, 0.15) is 92.3 Å². The summed E-state index contributed by atoms with van der Waals surface area (Å²) in [6, 6.07) is 9.19. The van der Waals surface area contributed by atoms with E-state index in [2.05, 4.69) is 78.0 Å². The van der Waals surface area contributed by atoms with Crippen LogP contribution in [0.25, 0.3) is 12.2 Å². The van der Waals surface area contributed by atoms with Gasteiger partial charge in [-0.05, 0) is 0 Å². The average molecular weight is 533 g/mol. The number of hydrogen-bond donors (Lipinski definition) is 0. The van der Waals surface area contributed by atoms with Gasteiger partial charge in [-0.1, -0.05) is 0 Å². The Balaban J connectivity index is 1.86. The summed E-state index contributed by atoms with van der Waals surface area (Å²) in [4.78, 5) is 0. The number of hydrogen-bond acceptors (Lipinski definition) is 0. The Bertz CT molecular complexity index is 1010. The van der Waals surface area contributed by atoms with Crippen molar-refractivity contribution < 1.29 is 17.9 Å². The Morgan fingerprint density at radius 1 is 0.677 bits per heavy atom. The Morgan fingerprint density at radius 2 is 1.06 bits per heavy atom. The molecule has 0 saturated carbocycles. The first-order chi connectivity index (χ1) is 14.7. The first-order valence-electron chi connectivity index (χ1n) is 11.7. The zero-order valence-corrected chi connectivity index (χ0v) is 23.7. The molecule has 2 aromatic rings. The molecule has 2 aliphatic rings. The normalized spacial score (nSPS) is 19.9. The van der Waals surface area contributed by atoms with E-state index in [1.54, 1.807) is 0 Å². The van der Waals surface area contributed by atoms with E-state index in [1.807, 2.05) is 0 Å².